The van der Waals surface area contributed by atoms with E-state index in [-0.39, 0.29) is 23.5 Å². The number of esters is 1. The average Bonchev–Trinajstić information content (AvgIpc) is 2.72. The van der Waals surface area contributed by atoms with E-state index >= 15 is 0 Å². The number of nitriles is 1. The van der Waals surface area contributed by atoms with E-state index in [1.807, 2.05) is 36.4 Å². The van der Waals surface area contributed by atoms with Gasteiger partial charge < -0.3 is 4.74 Å². The van der Waals surface area contributed by atoms with Crippen molar-refractivity contribution >= 4 is 17.6 Å². The first-order valence-electron chi connectivity index (χ1n) is 8.87. The van der Waals surface area contributed by atoms with Crippen LogP contribution in [0.1, 0.15) is 23.1 Å². The molecule has 0 unspecified atom stereocenters. The van der Waals surface area contributed by atoms with Crippen LogP contribution in [0, 0.1) is 17.1 Å². The van der Waals surface area contributed by atoms with E-state index in [0.29, 0.717) is 17.7 Å². The minimum Gasteiger partial charge on any atom is -0.426 e. The molecular weight excluding hydrogens is 353 g/mol. The fourth-order valence-corrected chi connectivity index (χ4v) is 2.76. The first-order chi connectivity index (χ1) is 13.7. The standard InChI is InChI=1S/C24H18FNO2/c25-23-12-5-4-11-22(23)20(17-26)15-19-9-6-10-21(16-19)28-24(27)14-13-18-7-2-1-3-8-18/h1-12,15-16H,13-14H2/b20-15-. The molecule has 3 aromatic rings. The second kappa shape index (κ2) is 9.29. The number of carbonyl (C=O) groups is 1. The van der Waals surface area contributed by atoms with Crippen LogP contribution in [0.15, 0.2) is 78.9 Å². The van der Waals surface area contributed by atoms with Crippen molar-refractivity contribution in [3.63, 3.8) is 0 Å². The van der Waals surface area contributed by atoms with Crippen molar-refractivity contribution < 1.29 is 13.9 Å². The van der Waals surface area contributed by atoms with Gasteiger partial charge in [0.2, 0.25) is 0 Å². The lowest BCUT2D eigenvalue weighted by Gasteiger charge is -2.06. The van der Waals surface area contributed by atoms with Crippen LogP contribution in [0.4, 0.5) is 4.39 Å². The molecule has 0 aliphatic rings. The van der Waals surface area contributed by atoms with Crippen molar-refractivity contribution in [3.05, 3.63) is 101 Å². The molecule has 0 aliphatic carbocycles. The number of hydrogen-bond acceptors (Lipinski definition) is 3. The number of ether oxygens (including phenoxy) is 1. The molecule has 0 saturated carbocycles. The Morgan fingerprint density at radius 3 is 2.50 bits per heavy atom. The van der Waals surface area contributed by atoms with Gasteiger partial charge in [-0.15, -0.1) is 0 Å². The van der Waals surface area contributed by atoms with E-state index in [1.165, 1.54) is 6.07 Å². The minimum atomic E-state index is -0.459. The Kier molecular flexibility index (Phi) is 6.33. The lowest BCUT2D eigenvalue weighted by Crippen LogP contribution is -2.09. The topological polar surface area (TPSA) is 50.1 Å². The highest BCUT2D eigenvalue weighted by Gasteiger charge is 2.09. The maximum Gasteiger partial charge on any atom is 0.311 e. The zero-order chi connectivity index (χ0) is 19.8. The molecule has 0 aliphatic heterocycles. The van der Waals surface area contributed by atoms with Gasteiger partial charge in [0.25, 0.3) is 0 Å². The molecule has 0 heterocycles. The Morgan fingerprint density at radius 1 is 1.00 bits per heavy atom. The van der Waals surface area contributed by atoms with E-state index in [0.717, 1.165) is 5.56 Å². The molecule has 0 spiro atoms. The molecule has 138 valence electrons. The van der Waals surface area contributed by atoms with Gasteiger partial charge in [-0.25, -0.2) is 4.39 Å². The number of rotatable bonds is 6. The Morgan fingerprint density at radius 2 is 1.75 bits per heavy atom. The van der Waals surface area contributed by atoms with Gasteiger partial charge in [0, 0.05) is 12.0 Å². The zero-order valence-electron chi connectivity index (χ0n) is 15.1. The fourth-order valence-electron chi connectivity index (χ4n) is 2.76. The summed E-state index contributed by atoms with van der Waals surface area (Å²) in [6.45, 7) is 0. The number of aryl methyl sites for hydroxylation is 1. The summed E-state index contributed by atoms with van der Waals surface area (Å²) in [5.41, 5.74) is 2.15. The lowest BCUT2D eigenvalue weighted by molar-refractivity contribution is -0.134. The molecular formula is C24H18FNO2. The molecule has 0 N–H and O–H groups in total. The smallest absolute Gasteiger partial charge is 0.311 e. The van der Waals surface area contributed by atoms with Crippen molar-refractivity contribution in [2.24, 2.45) is 0 Å². The highest BCUT2D eigenvalue weighted by molar-refractivity contribution is 5.90. The summed E-state index contributed by atoms with van der Waals surface area (Å²) in [7, 11) is 0. The number of nitrogens with zero attached hydrogens (tertiary/aromatic N) is 1. The van der Waals surface area contributed by atoms with Gasteiger partial charge in [0.15, 0.2) is 0 Å². The van der Waals surface area contributed by atoms with Crippen molar-refractivity contribution in [1.29, 1.82) is 5.26 Å². The molecule has 3 nitrogen and oxygen atoms in total. The molecule has 0 fully saturated rings. The Balaban J connectivity index is 1.70. The quantitative estimate of drug-likeness (QED) is 0.251. The van der Waals surface area contributed by atoms with Crippen LogP contribution in [0.2, 0.25) is 0 Å². The van der Waals surface area contributed by atoms with Crippen LogP contribution in [-0.4, -0.2) is 5.97 Å². The average molecular weight is 371 g/mol. The molecule has 0 amide bonds. The van der Waals surface area contributed by atoms with Gasteiger partial charge in [-0.05, 0) is 41.8 Å². The largest absolute Gasteiger partial charge is 0.426 e. The second-order valence-corrected chi connectivity index (χ2v) is 6.18. The van der Waals surface area contributed by atoms with E-state index in [2.05, 4.69) is 0 Å². The summed E-state index contributed by atoms with van der Waals surface area (Å²) < 4.78 is 19.3. The third kappa shape index (κ3) is 5.15. The Labute approximate surface area is 163 Å². The summed E-state index contributed by atoms with van der Waals surface area (Å²) in [6, 6.07) is 24.7. The molecule has 0 saturated heterocycles. The lowest BCUT2D eigenvalue weighted by atomic mass is 10.0. The normalized spacial score (nSPS) is 10.9. The zero-order valence-corrected chi connectivity index (χ0v) is 15.1. The number of carbonyl (C=O) groups excluding carboxylic acids is 1. The molecule has 3 aromatic carbocycles. The first-order valence-corrected chi connectivity index (χ1v) is 8.87. The highest BCUT2D eigenvalue weighted by Crippen LogP contribution is 2.22. The fraction of sp³-hybridized carbons (Fsp3) is 0.0833. The third-order valence-electron chi connectivity index (χ3n) is 4.15. The highest BCUT2D eigenvalue weighted by atomic mass is 19.1. The summed E-state index contributed by atoms with van der Waals surface area (Å²) in [4.78, 5) is 12.1. The second-order valence-electron chi connectivity index (χ2n) is 6.18. The summed E-state index contributed by atoms with van der Waals surface area (Å²) >= 11 is 0. The van der Waals surface area contributed by atoms with Gasteiger partial charge in [-0.1, -0.05) is 60.7 Å². The predicted molar refractivity (Wildman–Crippen MR) is 107 cm³/mol. The van der Waals surface area contributed by atoms with Crippen LogP contribution in [0.25, 0.3) is 11.6 Å². The van der Waals surface area contributed by atoms with Gasteiger partial charge in [-0.2, -0.15) is 5.26 Å². The van der Waals surface area contributed by atoms with Crippen LogP contribution >= 0.6 is 0 Å². The number of benzene rings is 3. The molecule has 4 heteroatoms. The molecule has 3 rings (SSSR count). The number of halogens is 1. The van der Waals surface area contributed by atoms with Gasteiger partial charge in [0.1, 0.15) is 11.6 Å². The van der Waals surface area contributed by atoms with E-state index in [1.54, 1.807) is 48.5 Å². The summed E-state index contributed by atoms with van der Waals surface area (Å²) in [6.07, 6.45) is 2.44. The first kappa shape index (κ1) is 19.1. The van der Waals surface area contributed by atoms with Crippen LogP contribution < -0.4 is 4.74 Å². The molecule has 0 atom stereocenters. The Hall–Kier alpha value is -3.71. The van der Waals surface area contributed by atoms with Crippen molar-refractivity contribution in [2.45, 2.75) is 12.8 Å². The van der Waals surface area contributed by atoms with E-state index < -0.39 is 5.82 Å². The van der Waals surface area contributed by atoms with Crippen LogP contribution in [-0.2, 0) is 11.2 Å². The SMILES string of the molecule is N#C/C(=C/c1cccc(OC(=O)CCc2ccccc2)c1)c1ccccc1F. The predicted octanol–water partition coefficient (Wildman–Crippen LogP) is 5.43. The van der Waals surface area contributed by atoms with Gasteiger partial charge in [-0.3, -0.25) is 4.79 Å². The molecule has 0 aromatic heterocycles. The van der Waals surface area contributed by atoms with E-state index in [9.17, 15) is 14.4 Å². The summed E-state index contributed by atoms with van der Waals surface area (Å²) in [5.74, 6) is -0.406. The summed E-state index contributed by atoms with van der Waals surface area (Å²) in [5, 5.41) is 9.39. The van der Waals surface area contributed by atoms with Gasteiger partial charge in [0.05, 0.1) is 11.6 Å². The van der Waals surface area contributed by atoms with E-state index in [4.69, 9.17) is 4.74 Å². The van der Waals surface area contributed by atoms with Crippen LogP contribution in [0.3, 0.4) is 0 Å². The monoisotopic (exact) mass is 371 g/mol. The number of hydrogen-bond donors (Lipinski definition) is 0. The number of allylic oxidation sites excluding steroid dienone is 1. The van der Waals surface area contributed by atoms with Crippen molar-refractivity contribution in [2.75, 3.05) is 0 Å². The van der Waals surface area contributed by atoms with Crippen molar-refractivity contribution in [3.8, 4) is 11.8 Å². The Bertz CT molecular complexity index is 1040. The molecule has 0 radical (unpaired) electrons. The maximum absolute atomic E-state index is 13.9. The maximum atomic E-state index is 13.9. The molecule has 0 bridgehead atoms. The third-order valence-corrected chi connectivity index (χ3v) is 4.15. The van der Waals surface area contributed by atoms with Crippen LogP contribution in [0.5, 0.6) is 5.75 Å². The van der Waals surface area contributed by atoms with Crippen molar-refractivity contribution in [1.82, 2.24) is 0 Å². The minimum absolute atomic E-state index is 0.200. The molecule has 28 heavy (non-hydrogen) atoms. The van der Waals surface area contributed by atoms with Gasteiger partial charge >= 0.3 is 5.97 Å².